The summed E-state index contributed by atoms with van der Waals surface area (Å²) in [6.07, 6.45) is 0.900. The van der Waals surface area contributed by atoms with E-state index in [9.17, 15) is 13.2 Å². The predicted molar refractivity (Wildman–Crippen MR) is 116 cm³/mol. The van der Waals surface area contributed by atoms with Gasteiger partial charge in [-0.3, -0.25) is 9.89 Å². The zero-order valence-electron chi connectivity index (χ0n) is 17.6. The number of aliphatic imine (C=N–C) groups is 1. The minimum atomic E-state index is -4.29. The number of alkyl halides is 3. The summed E-state index contributed by atoms with van der Waals surface area (Å²) in [5.41, 5.74) is 0.294. The van der Waals surface area contributed by atoms with Crippen molar-refractivity contribution in [1.82, 2.24) is 15.5 Å². The quantitative estimate of drug-likeness (QED) is 0.521. The molecule has 2 heterocycles. The normalized spacial score (nSPS) is 22.8. The summed E-state index contributed by atoms with van der Waals surface area (Å²) in [6, 6.07) is 5.72. The Bertz CT molecular complexity index is 705. The third-order valence-corrected chi connectivity index (χ3v) is 7.36. The van der Waals surface area contributed by atoms with Crippen LogP contribution >= 0.6 is 11.8 Å². The van der Waals surface area contributed by atoms with E-state index < -0.39 is 11.7 Å². The average Bonchev–Trinajstić information content (AvgIpc) is 3.18. The van der Waals surface area contributed by atoms with E-state index in [1.165, 1.54) is 0 Å². The lowest BCUT2D eigenvalue weighted by molar-refractivity contribution is -0.137. The maximum absolute atomic E-state index is 12.7. The standard InChI is InChI=1S/C21H31F3N4OS/c1-25-19(26-15-20(30-2)8-11-29-12-9-20)27-18-7-10-28(14-18)13-16-3-5-17(6-4-16)21(22,23)24/h3-6,18H,7-15H2,1-2H3,(H2,25,26,27). The average molecular weight is 445 g/mol. The van der Waals surface area contributed by atoms with Crippen LogP contribution in [0.1, 0.15) is 30.4 Å². The number of nitrogens with one attached hydrogen (secondary N) is 2. The topological polar surface area (TPSA) is 48.9 Å². The first-order valence-corrected chi connectivity index (χ1v) is 11.5. The summed E-state index contributed by atoms with van der Waals surface area (Å²) < 4.78 is 43.8. The van der Waals surface area contributed by atoms with Crippen LogP contribution in [0.3, 0.4) is 0 Å². The largest absolute Gasteiger partial charge is 0.416 e. The highest BCUT2D eigenvalue weighted by Gasteiger charge is 2.32. The maximum atomic E-state index is 12.7. The molecule has 2 aliphatic heterocycles. The molecule has 2 saturated heterocycles. The SMILES string of the molecule is CN=C(NCC1(SC)CCOCC1)NC1CCN(Cc2ccc(C(F)(F)F)cc2)C1. The summed E-state index contributed by atoms with van der Waals surface area (Å²) >= 11 is 1.89. The van der Waals surface area contributed by atoms with E-state index in [1.807, 2.05) is 11.8 Å². The van der Waals surface area contributed by atoms with Crippen LogP contribution in [0, 0.1) is 0 Å². The van der Waals surface area contributed by atoms with Gasteiger partial charge in [0.1, 0.15) is 0 Å². The van der Waals surface area contributed by atoms with Gasteiger partial charge in [0.15, 0.2) is 5.96 Å². The monoisotopic (exact) mass is 444 g/mol. The van der Waals surface area contributed by atoms with Crippen LogP contribution in [0.2, 0.25) is 0 Å². The molecule has 2 aliphatic rings. The van der Waals surface area contributed by atoms with Crippen molar-refractivity contribution < 1.29 is 17.9 Å². The molecule has 1 aromatic carbocycles. The molecule has 0 amide bonds. The van der Waals surface area contributed by atoms with Crippen molar-refractivity contribution in [2.45, 2.75) is 42.8 Å². The lowest BCUT2D eigenvalue weighted by Gasteiger charge is -2.36. The molecule has 1 aromatic rings. The second kappa shape index (κ2) is 10.2. The third-order valence-electron chi connectivity index (χ3n) is 5.94. The van der Waals surface area contributed by atoms with Crippen LogP contribution in [0.25, 0.3) is 0 Å². The molecule has 1 atom stereocenters. The van der Waals surface area contributed by atoms with Gasteiger partial charge in [-0.05, 0) is 43.2 Å². The van der Waals surface area contributed by atoms with Gasteiger partial charge in [-0.15, -0.1) is 0 Å². The van der Waals surface area contributed by atoms with E-state index in [2.05, 4.69) is 26.8 Å². The fraction of sp³-hybridized carbons (Fsp3) is 0.667. The highest BCUT2D eigenvalue weighted by atomic mass is 32.2. The molecule has 3 rings (SSSR count). The number of likely N-dealkylation sites (tertiary alicyclic amines) is 1. The number of benzene rings is 1. The van der Waals surface area contributed by atoms with Gasteiger partial charge >= 0.3 is 6.18 Å². The molecule has 2 N–H and O–H groups in total. The molecular formula is C21H31F3N4OS. The highest BCUT2D eigenvalue weighted by Crippen LogP contribution is 2.33. The minimum absolute atomic E-state index is 0.181. The number of ether oxygens (including phenoxy) is 1. The predicted octanol–water partition coefficient (Wildman–Crippen LogP) is 3.36. The van der Waals surface area contributed by atoms with E-state index in [4.69, 9.17) is 4.74 Å². The van der Waals surface area contributed by atoms with Gasteiger partial charge in [0, 0.05) is 57.2 Å². The third kappa shape index (κ3) is 6.28. The van der Waals surface area contributed by atoms with Crippen molar-refractivity contribution in [2.24, 2.45) is 4.99 Å². The number of hydrogen-bond donors (Lipinski definition) is 2. The van der Waals surface area contributed by atoms with E-state index in [0.29, 0.717) is 6.54 Å². The number of nitrogens with zero attached hydrogens (tertiary/aromatic N) is 2. The van der Waals surface area contributed by atoms with Gasteiger partial charge in [-0.2, -0.15) is 24.9 Å². The zero-order valence-corrected chi connectivity index (χ0v) is 18.4. The molecule has 1 unspecified atom stereocenters. The molecule has 0 spiro atoms. The second-order valence-electron chi connectivity index (χ2n) is 7.99. The maximum Gasteiger partial charge on any atom is 0.416 e. The second-order valence-corrected chi connectivity index (χ2v) is 9.26. The smallest absolute Gasteiger partial charge is 0.381 e. The van der Waals surface area contributed by atoms with Crippen LogP contribution in [-0.2, 0) is 17.5 Å². The van der Waals surface area contributed by atoms with Crippen LogP contribution in [0.5, 0.6) is 0 Å². The Morgan fingerprint density at radius 2 is 1.97 bits per heavy atom. The molecule has 30 heavy (non-hydrogen) atoms. The summed E-state index contributed by atoms with van der Waals surface area (Å²) in [7, 11) is 1.78. The van der Waals surface area contributed by atoms with Gasteiger partial charge in [0.2, 0.25) is 0 Å². The Balaban J connectivity index is 1.46. The van der Waals surface area contributed by atoms with E-state index in [0.717, 1.165) is 75.8 Å². The van der Waals surface area contributed by atoms with Crippen molar-refractivity contribution in [3.8, 4) is 0 Å². The van der Waals surface area contributed by atoms with E-state index in [-0.39, 0.29) is 10.8 Å². The summed E-state index contributed by atoms with van der Waals surface area (Å²) in [5.74, 6) is 0.802. The van der Waals surface area contributed by atoms with Crippen molar-refractivity contribution in [3.63, 3.8) is 0 Å². The number of rotatable bonds is 6. The van der Waals surface area contributed by atoms with Crippen LogP contribution in [-0.4, -0.2) is 67.8 Å². The van der Waals surface area contributed by atoms with Gasteiger partial charge in [-0.1, -0.05) is 12.1 Å². The summed E-state index contributed by atoms with van der Waals surface area (Å²) in [6.45, 7) is 4.84. The van der Waals surface area contributed by atoms with Crippen LogP contribution in [0.4, 0.5) is 13.2 Å². The zero-order chi connectivity index (χ0) is 21.6. The van der Waals surface area contributed by atoms with Crippen molar-refractivity contribution in [3.05, 3.63) is 35.4 Å². The van der Waals surface area contributed by atoms with Gasteiger partial charge < -0.3 is 15.4 Å². The first kappa shape index (κ1) is 23.2. The summed E-state index contributed by atoms with van der Waals surface area (Å²) in [5, 5.41) is 6.98. The number of thioether (sulfide) groups is 1. The first-order chi connectivity index (χ1) is 14.3. The first-order valence-electron chi connectivity index (χ1n) is 10.3. The lowest BCUT2D eigenvalue weighted by Crippen LogP contribution is -2.50. The molecule has 168 valence electrons. The van der Waals surface area contributed by atoms with Crippen molar-refractivity contribution in [2.75, 3.05) is 46.2 Å². The van der Waals surface area contributed by atoms with Gasteiger partial charge in [0.05, 0.1) is 5.56 Å². The molecule has 0 bridgehead atoms. The molecule has 5 nitrogen and oxygen atoms in total. The Morgan fingerprint density at radius 1 is 1.27 bits per heavy atom. The Kier molecular flexibility index (Phi) is 7.92. The van der Waals surface area contributed by atoms with Crippen molar-refractivity contribution in [1.29, 1.82) is 0 Å². The van der Waals surface area contributed by atoms with E-state index >= 15 is 0 Å². The molecular weight excluding hydrogens is 413 g/mol. The Hall–Kier alpha value is -1.45. The lowest BCUT2D eigenvalue weighted by atomic mass is 9.99. The minimum Gasteiger partial charge on any atom is -0.381 e. The number of hydrogen-bond acceptors (Lipinski definition) is 4. The summed E-state index contributed by atoms with van der Waals surface area (Å²) in [4.78, 5) is 6.63. The fourth-order valence-electron chi connectivity index (χ4n) is 3.98. The fourth-order valence-corrected chi connectivity index (χ4v) is 4.77. The molecule has 0 saturated carbocycles. The van der Waals surface area contributed by atoms with Gasteiger partial charge in [-0.25, -0.2) is 0 Å². The van der Waals surface area contributed by atoms with Crippen LogP contribution < -0.4 is 10.6 Å². The van der Waals surface area contributed by atoms with Gasteiger partial charge in [0.25, 0.3) is 0 Å². The van der Waals surface area contributed by atoms with Crippen molar-refractivity contribution >= 4 is 17.7 Å². The van der Waals surface area contributed by atoms with E-state index in [1.54, 1.807) is 19.2 Å². The molecule has 0 aliphatic carbocycles. The molecule has 0 aromatic heterocycles. The number of halogens is 3. The molecule has 9 heteroatoms. The highest BCUT2D eigenvalue weighted by molar-refractivity contribution is 8.00. The number of guanidine groups is 1. The van der Waals surface area contributed by atoms with Crippen LogP contribution in [0.15, 0.2) is 29.3 Å². The Labute approximate surface area is 180 Å². The molecule has 0 radical (unpaired) electrons. The molecule has 2 fully saturated rings. The Morgan fingerprint density at radius 3 is 2.57 bits per heavy atom.